The minimum atomic E-state index is 1.01. The second kappa shape index (κ2) is 12.4. The van der Waals surface area contributed by atoms with Gasteiger partial charge in [-0.05, 0) is 90.3 Å². The standard InChI is InChI=1S/C37H38/c1-6-13-33(27(2)3)22-28(4)18-20-30-24-34-23-29(5)19-21-36(34)35(25-30)26-37(31-14-9-7-10-15-31)32-16-11-8-12-17-32/h7-17,19,21-26H,2,6,18,20H2,1,3-5H3/b28-22+,33-13+. The molecule has 0 aromatic heterocycles. The van der Waals surface area contributed by atoms with Crippen LogP contribution in [0.3, 0.4) is 0 Å². The van der Waals surface area contributed by atoms with Crippen LogP contribution in [0, 0.1) is 6.92 Å². The molecule has 0 saturated heterocycles. The molecule has 0 aliphatic rings. The number of benzene rings is 4. The predicted octanol–water partition coefficient (Wildman–Crippen LogP) is 10.5. The van der Waals surface area contributed by atoms with Crippen LogP contribution in [0.5, 0.6) is 0 Å². The molecule has 4 aromatic rings. The van der Waals surface area contributed by atoms with Crippen LogP contribution < -0.4 is 0 Å². The van der Waals surface area contributed by atoms with Crippen molar-refractivity contribution in [2.75, 3.05) is 0 Å². The number of rotatable bonds is 9. The van der Waals surface area contributed by atoms with Crippen LogP contribution in [-0.2, 0) is 6.42 Å². The van der Waals surface area contributed by atoms with Crippen molar-refractivity contribution in [3.63, 3.8) is 0 Å². The fourth-order valence-corrected chi connectivity index (χ4v) is 4.83. The highest BCUT2D eigenvalue weighted by atomic mass is 14.1. The topological polar surface area (TPSA) is 0 Å². The predicted molar refractivity (Wildman–Crippen MR) is 164 cm³/mol. The van der Waals surface area contributed by atoms with Crippen LogP contribution in [0.2, 0.25) is 0 Å². The first-order chi connectivity index (χ1) is 17.9. The number of allylic oxidation sites excluding steroid dienone is 5. The summed E-state index contributed by atoms with van der Waals surface area (Å²) in [5, 5.41) is 2.60. The first kappa shape index (κ1) is 26.2. The molecule has 0 heterocycles. The molecular weight excluding hydrogens is 444 g/mol. The summed E-state index contributed by atoms with van der Waals surface area (Å²) in [6.07, 6.45) is 10.0. The van der Waals surface area contributed by atoms with Crippen LogP contribution in [0.25, 0.3) is 22.4 Å². The Bertz CT molecular complexity index is 1420. The van der Waals surface area contributed by atoms with Crippen molar-refractivity contribution in [3.05, 3.63) is 154 Å². The van der Waals surface area contributed by atoms with Crippen molar-refractivity contribution in [3.8, 4) is 0 Å². The molecule has 0 nitrogen and oxygen atoms in total. The minimum absolute atomic E-state index is 1.01. The van der Waals surface area contributed by atoms with E-state index in [0.29, 0.717) is 0 Å². The van der Waals surface area contributed by atoms with Crippen LogP contribution in [0.1, 0.15) is 61.4 Å². The number of fused-ring (bicyclic) bond motifs is 1. The Morgan fingerprint density at radius 1 is 0.811 bits per heavy atom. The van der Waals surface area contributed by atoms with Crippen molar-refractivity contribution < 1.29 is 0 Å². The van der Waals surface area contributed by atoms with E-state index in [1.807, 2.05) is 0 Å². The van der Waals surface area contributed by atoms with E-state index in [1.54, 1.807) is 0 Å². The lowest BCUT2D eigenvalue weighted by molar-refractivity contribution is 0.940. The van der Waals surface area contributed by atoms with E-state index in [-0.39, 0.29) is 0 Å². The van der Waals surface area contributed by atoms with Crippen LogP contribution in [0.15, 0.2) is 126 Å². The average Bonchev–Trinajstić information content (AvgIpc) is 2.91. The zero-order chi connectivity index (χ0) is 26.2. The molecule has 186 valence electrons. The highest BCUT2D eigenvalue weighted by molar-refractivity contribution is 5.99. The Morgan fingerprint density at radius 3 is 2.05 bits per heavy atom. The molecule has 0 saturated carbocycles. The Kier molecular flexibility index (Phi) is 8.75. The molecule has 0 atom stereocenters. The zero-order valence-corrected chi connectivity index (χ0v) is 22.7. The maximum atomic E-state index is 4.16. The first-order valence-corrected chi connectivity index (χ1v) is 13.3. The molecule has 4 aromatic carbocycles. The second-order valence-electron chi connectivity index (χ2n) is 10.0. The first-order valence-electron chi connectivity index (χ1n) is 13.3. The summed E-state index contributed by atoms with van der Waals surface area (Å²) < 4.78 is 0. The Balaban J connectivity index is 1.78. The van der Waals surface area contributed by atoms with Gasteiger partial charge in [0.2, 0.25) is 0 Å². The van der Waals surface area contributed by atoms with Gasteiger partial charge < -0.3 is 0 Å². The highest BCUT2D eigenvalue weighted by Crippen LogP contribution is 2.31. The molecule has 0 unspecified atom stereocenters. The molecule has 0 heteroatoms. The van der Waals surface area contributed by atoms with Gasteiger partial charge in [-0.25, -0.2) is 0 Å². The fraction of sp³-hybridized carbons (Fsp3) is 0.189. The number of aryl methyl sites for hydroxylation is 2. The molecule has 4 rings (SSSR count). The van der Waals surface area contributed by atoms with Gasteiger partial charge in [-0.15, -0.1) is 0 Å². The lowest BCUT2D eigenvalue weighted by Crippen LogP contribution is -1.93. The van der Waals surface area contributed by atoms with Crippen LogP contribution in [-0.4, -0.2) is 0 Å². The third-order valence-corrected chi connectivity index (χ3v) is 6.80. The molecule has 0 aliphatic heterocycles. The van der Waals surface area contributed by atoms with Gasteiger partial charge in [0.25, 0.3) is 0 Å². The molecular formula is C37H38. The molecule has 0 radical (unpaired) electrons. The van der Waals surface area contributed by atoms with E-state index >= 15 is 0 Å². The smallest absolute Gasteiger partial charge is 0.0105 e. The van der Waals surface area contributed by atoms with E-state index in [0.717, 1.165) is 24.8 Å². The van der Waals surface area contributed by atoms with Gasteiger partial charge in [-0.1, -0.05) is 133 Å². The molecule has 0 aliphatic carbocycles. The average molecular weight is 483 g/mol. The summed E-state index contributed by atoms with van der Waals surface area (Å²) in [4.78, 5) is 0. The van der Waals surface area contributed by atoms with E-state index in [4.69, 9.17) is 0 Å². The van der Waals surface area contributed by atoms with Crippen molar-refractivity contribution in [2.45, 2.75) is 47.0 Å². The van der Waals surface area contributed by atoms with Crippen molar-refractivity contribution >= 4 is 22.4 Å². The summed E-state index contributed by atoms with van der Waals surface area (Å²) in [5.41, 5.74) is 11.4. The van der Waals surface area contributed by atoms with Gasteiger partial charge in [0.05, 0.1) is 0 Å². The van der Waals surface area contributed by atoms with Crippen molar-refractivity contribution in [1.82, 2.24) is 0 Å². The Hall–Kier alpha value is -3.90. The van der Waals surface area contributed by atoms with Gasteiger partial charge in [-0.2, -0.15) is 0 Å². The van der Waals surface area contributed by atoms with Gasteiger partial charge in [0.15, 0.2) is 0 Å². The summed E-state index contributed by atoms with van der Waals surface area (Å²) in [7, 11) is 0. The molecule has 0 fully saturated rings. The van der Waals surface area contributed by atoms with E-state index in [1.165, 1.54) is 55.3 Å². The normalized spacial score (nSPS) is 12.0. The lowest BCUT2D eigenvalue weighted by Gasteiger charge is -2.13. The lowest BCUT2D eigenvalue weighted by atomic mass is 9.91. The van der Waals surface area contributed by atoms with Crippen molar-refractivity contribution in [2.24, 2.45) is 0 Å². The molecule has 37 heavy (non-hydrogen) atoms. The number of hydrogen-bond donors (Lipinski definition) is 0. The quantitative estimate of drug-likeness (QED) is 0.164. The number of hydrogen-bond acceptors (Lipinski definition) is 0. The SMILES string of the molecule is C=C(C)C(/C=C(\C)CCc1cc(C=C(c2ccccc2)c2ccccc2)c2ccc(C)cc2c1)=C/CC. The third kappa shape index (κ3) is 6.86. The van der Waals surface area contributed by atoms with Crippen molar-refractivity contribution in [1.29, 1.82) is 0 Å². The Morgan fingerprint density at radius 2 is 1.46 bits per heavy atom. The summed E-state index contributed by atoms with van der Waals surface area (Å²) >= 11 is 0. The second-order valence-corrected chi connectivity index (χ2v) is 10.0. The summed E-state index contributed by atoms with van der Waals surface area (Å²) in [6.45, 7) is 12.8. The molecule has 0 amide bonds. The van der Waals surface area contributed by atoms with Crippen LogP contribution >= 0.6 is 0 Å². The fourth-order valence-electron chi connectivity index (χ4n) is 4.83. The largest absolute Gasteiger partial charge is 0.0955 e. The summed E-state index contributed by atoms with van der Waals surface area (Å²) in [5.74, 6) is 0. The Labute approximate surface area is 223 Å². The molecule has 0 N–H and O–H groups in total. The third-order valence-electron chi connectivity index (χ3n) is 6.80. The monoisotopic (exact) mass is 482 g/mol. The maximum Gasteiger partial charge on any atom is -0.0105 e. The van der Waals surface area contributed by atoms with Gasteiger partial charge in [-0.3, -0.25) is 0 Å². The summed E-state index contributed by atoms with van der Waals surface area (Å²) in [6, 6.07) is 33.0. The van der Waals surface area contributed by atoms with Gasteiger partial charge >= 0.3 is 0 Å². The maximum absolute atomic E-state index is 4.16. The highest BCUT2D eigenvalue weighted by Gasteiger charge is 2.09. The minimum Gasteiger partial charge on any atom is -0.0955 e. The molecule has 0 spiro atoms. The van der Waals surface area contributed by atoms with E-state index in [2.05, 4.69) is 143 Å². The van der Waals surface area contributed by atoms with E-state index < -0.39 is 0 Å². The van der Waals surface area contributed by atoms with Gasteiger partial charge in [0, 0.05) is 0 Å². The van der Waals surface area contributed by atoms with E-state index in [9.17, 15) is 0 Å². The molecule has 0 bridgehead atoms. The van der Waals surface area contributed by atoms with Crippen LogP contribution in [0.4, 0.5) is 0 Å². The zero-order valence-electron chi connectivity index (χ0n) is 22.7. The van der Waals surface area contributed by atoms with Gasteiger partial charge in [0.1, 0.15) is 0 Å².